The third kappa shape index (κ3) is 1.14. The van der Waals surface area contributed by atoms with Crippen molar-refractivity contribution >= 4 is 33.9 Å². The Bertz CT molecular complexity index is 1000. The minimum atomic E-state index is 0.343. The summed E-state index contributed by atoms with van der Waals surface area (Å²) < 4.78 is 0. The highest BCUT2D eigenvalue weighted by molar-refractivity contribution is 6.04. The van der Waals surface area contributed by atoms with E-state index in [1.807, 2.05) is 0 Å². The molecule has 6 rings (SSSR count). The van der Waals surface area contributed by atoms with Crippen molar-refractivity contribution in [1.82, 2.24) is 0 Å². The second kappa shape index (κ2) is 3.53. The predicted molar refractivity (Wildman–Crippen MR) is 92.0 cm³/mol. The van der Waals surface area contributed by atoms with Crippen LogP contribution in [0.3, 0.4) is 0 Å². The smallest absolute Gasteiger partial charge is 0.0559 e. The second-order valence-corrected chi connectivity index (χ2v) is 6.37. The Hall–Kier alpha value is -2.74. The maximum Gasteiger partial charge on any atom is 0.0559 e. The van der Waals surface area contributed by atoms with Crippen molar-refractivity contribution in [2.75, 3.05) is 10.6 Å². The minimum Gasteiger partial charge on any atom is -0.377 e. The van der Waals surface area contributed by atoms with Crippen molar-refractivity contribution in [1.29, 1.82) is 0 Å². The van der Waals surface area contributed by atoms with Crippen LogP contribution in [0.2, 0.25) is 0 Å². The zero-order valence-electron chi connectivity index (χ0n) is 11.9. The molecular weight excluding hydrogens is 268 g/mol. The molecule has 2 N–H and O–H groups in total. The molecular formula is C20H14N2. The average molecular weight is 282 g/mol. The summed E-state index contributed by atoms with van der Waals surface area (Å²) in [7, 11) is 0. The molecule has 22 heavy (non-hydrogen) atoms. The minimum absolute atomic E-state index is 0.343. The first-order valence-electron chi connectivity index (χ1n) is 7.80. The van der Waals surface area contributed by atoms with Crippen molar-refractivity contribution in [2.24, 2.45) is 0 Å². The number of benzene rings is 3. The van der Waals surface area contributed by atoms with E-state index in [-0.39, 0.29) is 0 Å². The lowest BCUT2D eigenvalue weighted by Gasteiger charge is -2.41. The molecule has 0 saturated heterocycles. The maximum absolute atomic E-state index is 3.74. The van der Waals surface area contributed by atoms with Crippen molar-refractivity contribution in [3.63, 3.8) is 0 Å². The molecule has 3 aromatic rings. The standard InChI is InChI=1S/C20H14N2/c1-3-11-7-9-16-19-17(11)13(5-1)21-15-10-8-12-4-2-6-14(22-16)18(12)20(15)19/h1-10,15,20-22H. The monoisotopic (exact) mass is 282 g/mol. The molecule has 0 spiro atoms. The topological polar surface area (TPSA) is 24.1 Å². The summed E-state index contributed by atoms with van der Waals surface area (Å²) >= 11 is 0. The van der Waals surface area contributed by atoms with Crippen LogP contribution in [0.25, 0.3) is 16.8 Å². The zero-order chi connectivity index (χ0) is 14.3. The van der Waals surface area contributed by atoms with E-state index in [0.29, 0.717) is 12.0 Å². The molecule has 2 atom stereocenters. The Morgan fingerprint density at radius 2 is 1.64 bits per heavy atom. The molecule has 0 saturated carbocycles. The van der Waals surface area contributed by atoms with E-state index in [1.165, 1.54) is 44.5 Å². The van der Waals surface area contributed by atoms with Gasteiger partial charge >= 0.3 is 0 Å². The fourth-order valence-electron chi connectivity index (χ4n) is 4.42. The highest BCUT2D eigenvalue weighted by Gasteiger charge is 2.38. The lowest BCUT2D eigenvalue weighted by molar-refractivity contribution is 0.725. The highest BCUT2D eigenvalue weighted by atomic mass is 15.0. The van der Waals surface area contributed by atoms with Crippen LogP contribution in [-0.4, -0.2) is 6.04 Å². The molecule has 0 amide bonds. The van der Waals surface area contributed by atoms with Crippen LogP contribution < -0.4 is 10.6 Å². The van der Waals surface area contributed by atoms with Gasteiger partial charge in [-0.2, -0.15) is 0 Å². The molecule has 0 fully saturated rings. The van der Waals surface area contributed by atoms with E-state index in [9.17, 15) is 0 Å². The van der Waals surface area contributed by atoms with E-state index >= 15 is 0 Å². The molecule has 3 aromatic carbocycles. The summed E-state index contributed by atoms with van der Waals surface area (Å²) in [5, 5.41) is 10.1. The molecule has 2 nitrogen and oxygen atoms in total. The quantitative estimate of drug-likeness (QED) is 0.616. The van der Waals surface area contributed by atoms with E-state index in [0.717, 1.165) is 0 Å². The summed E-state index contributed by atoms with van der Waals surface area (Å²) in [4.78, 5) is 0. The van der Waals surface area contributed by atoms with Crippen molar-refractivity contribution < 1.29 is 0 Å². The molecule has 104 valence electrons. The van der Waals surface area contributed by atoms with Gasteiger partial charge in [-0.15, -0.1) is 0 Å². The Morgan fingerprint density at radius 3 is 2.64 bits per heavy atom. The fourth-order valence-corrected chi connectivity index (χ4v) is 4.42. The first kappa shape index (κ1) is 10.9. The molecule has 0 bridgehead atoms. The van der Waals surface area contributed by atoms with Crippen molar-refractivity contribution in [3.8, 4) is 0 Å². The maximum atomic E-state index is 3.74. The van der Waals surface area contributed by atoms with Gasteiger partial charge in [0.1, 0.15) is 0 Å². The predicted octanol–water partition coefficient (Wildman–Crippen LogP) is 4.85. The van der Waals surface area contributed by atoms with Gasteiger partial charge in [-0.3, -0.25) is 0 Å². The first-order chi connectivity index (χ1) is 10.9. The number of hydrogen-bond donors (Lipinski definition) is 2. The highest BCUT2D eigenvalue weighted by Crippen LogP contribution is 2.53. The van der Waals surface area contributed by atoms with Crippen LogP contribution in [0.15, 0.2) is 54.6 Å². The largest absolute Gasteiger partial charge is 0.377 e. The average Bonchev–Trinajstić information content (AvgIpc) is 2.57. The van der Waals surface area contributed by atoms with Gasteiger partial charge in [0.2, 0.25) is 0 Å². The van der Waals surface area contributed by atoms with Crippen molar-refractivity contribution in [3.05, 3.63) is 71.3 Å². The van der Waals surface area contributed by atoms with Crippen LogP contribution in [0, 0.1) is 0 Å². The van der Waals surface area contributed by atoms with Crippen LogP contribution in [-0.2, 0) is 0 Å². The Labute approximate surface area is 128 Å². The van der Waals surface area contributed by atoms with Gasteiger partial charge in [0, 0.05) is 28.4 Å². The Kier molecular flexibility index (Phi) is 1.75. The molecule has 0 radical (unpaired) electrons. The second-order valence-electron chi connectivity index (χ2n) is 6.37. The third-order valence-electron chi connectivity index (χ3n) is 5.28. The summed E-state index contributed by atoms with van der Waals surface area (Å²) in [5.41, 5.74) is 8.01. The van der Waals surface area contributed by atoms with E-state index in [2.05, 4.69) is 71.3 Å². The van der Waals surface area contributed by atoms with E-state index < -0.39 is 0 Å². The van der Waals surface area contributed by atoms with Gasteiger partial charge in [0.15, 0.2) is 0 Å². The Morgan fingerprint density at radius 1 is 0.773 bits per heavy atom. The van der Waals surface area contributed by atoms with Crippen LogP contribution in [0.1, 0.15) is 22.6 Å². The third-order valence-corrected chi connectivity index (χ3v) is 5.28. The fraction of sp³-hybridized carbons (Fsp3) is 0.100. The molecule has 2 heteroatoms. The van der Waals surface area contributed by atoms with Gasteiger partial charge in [-0.25, -0.2) is 0 Å². The lowest BCUT2D eigenvalue weighted by atomic mass is 9.72. The summed E-state index contributed by atoms with van der Waals surface area (Å²) in [6.45, 7) is 0. The van der Waals surface area contributed by atoms with Gasteiger partial charge in [0.25, 0.3) is 0 Å². The Balaban J connectivity index is 1.81. The van der Waals surface area contributed by atoms with Crippen LogP contribution in [0.4, 0.5) is 17.1 Å². The molecule has 3 aliphatic rings. The zero-order valence-corrected chi connectivity index (χ0v) is 11.9. The lowest BCUT2D eigenvalue weighted by Crippen LogP contribution is -2.35. The van der Waals surface area contributed by atoms with Crippen LogP contribution in [0.5, 0.6) is 0 Å². The van der Waals surface area contributed by atoms with Crippen molar-refractivity contribution in [2.45, 2.75) is 12.0 Å². The number of hydrogen-bond acceptors (Lipinski definition) is 2. The SMILES string of the molecule is C1=CC2Nc3cccc4ccc5c(c34)C2c2c1cccc2N5. The van der Waals surface area contributed by atoms with E-state index in [4.69, 9.17) is 0 Å². The van der Waals surface area contributed by atoms with Crippen LogP contribution >= 0.6 is 0 Å². The normalized spacial score (nSPS) is 22.2. The first-order valence-corrected chi connectivity index (χ1v) is 7.80. The number of anilines is 3. The van der Waals surface area contributed by atoms with Gasteiger partial charge in [-0.1, -0.05) is 42.5 Å². The molecule has 2 aliphatic heterocycles. The van der Waals surface area contributed by atoms with Gasteiger partial charge in [-0.05, 0) is 40.3 Å². The summed E-state index contributed by atoms with van der Waals surface area (Å²) in [5.74, 6) is 0.408. The van der Waals surface area contributed by atoms with E-state index in [1.54, 1.807) is 0 Å². The van der Waals surface area contributed by atoms with Gasteiger partial charge in [0.05, 0.1) is 6.04 Å². The molecule has 1 aliphatic carbocycles. The number of rotatable bonds is 0. The summed E-state index contributed by atoms with van der Waals surface area (Å²) in [6, 6.07) is 17.9. The number of nitrogens with one attached hydrogen (secondary N) is 2. The summed E-state index contributed by atoms with van der Waals surface area (Å²) in [6.07, 6.45) is 4.58. The molecule has 2 unspecified atom stereocenters. The molecule has 0 aromatic heterocycles. The molecule has 2 heterocycles. The van der Waals surface area contributed by atoms with Gasteiger partial charge < -0.3 is 10.6 Å².